The van der Waals surface area contributed by atoms with Crippen molar-refractivity contribution < 1.29 is 19.5 Å². The van der Waals surface area contributed by atoms with Crippen molar-refractivity contribution in [3.05, 3.63) is 38.1 Å². The summed E-state index contributed by atoms with van der Waals surface area (Å²) in [6.07, 6.45) is 0.215. The molecule has 2 N–H and O–H groups in total. The van der Waals surface area contributed by atoms with E-state index in [1.165, 1.54) is 39.3 Å². The molecule has 2 aromatic rings. The van der Waals surface area contributed by atoms with Gasteiger partial charge in [0.05, 0.1) is 13.0 Å². The number of thiophene rings is 1. The number of thioether (sulfide) groups is 1. The standard InChI is InChI=1S/C16H14N4O4S4/c21-5-10-18-19-13(28-10)8-6-27-15-11(14(23)20(15)12(8)16(24)25)17-9(22)4-7-2-1-3-26-7/h1-3,11,15,21H,4-6H2,(H,17,22)(H,24,25)/t11-,15-/m1/s1. The number of aromatic nitrogens is 2. The minimum atomic E-state index is -0.677. The molecule has 8 nitrogen and oxygen atoms in total. The highest BCUT2D eigenvalue weighted by atomic mass is 32.2. The Kier molecular flexibility index (Phi) is 5.56. The lowest BCUT2D eigenvalue weighted by Gasteiger charge is -2.49. The summed E-state index contributed by atoms with van der Waals surface area (Å²) in [5.74, 6) is -0.155. The first kappa shape index (κ1) is 19.6. The number of rotatable bonds is 6. The summed E-state index contributed by atoms with van der Waals surface area (Å²) in [6.45, 7) is -0.244. The monoisotopic (exact) mass is 454 g/mol. The van der Waals surface area contributed by atoms with Gasteiger partial charge in [0.1, 0.15) is 27.1 Å². The van der Waals surface area contributed by atoms with E-state index in [1.54, 1.807) is 0 Å². The number of amides is 2. The van der Waals surface area contributed by atoms with Crippen molar-refractivity contribution in [3.8, 4) is 0 Å². The maximum atomic E-state index is 12.7. The predicted molar refractivity (Wildman–Crippen MR) is 110 cm³/mol. The molecular formula is C16H14N4O4S4. The topological polar surface area (TPSA) is 112 Å². The summed E-state index contributed by atoms with van der Waals surface area (Å²) in [7, 11) is 0. The molecule has 0 spiro atoms. The number of nitrogens with one attached hydrogen (secondary N) is 1. The SMILES string of the molecule is O=C(Cc1cccs1)N[C@@H]1C(=O)N2C(C(=O)S)=C(c3nnc(CO)s3)CS[C@H]12. The number of hydrogen-bond acceptors (Lipinski definition) is 9. The third kappa shape index (κ3) is 3.50. The molecule has 1 fully saturated rings. The minimum Gasteiger partial charge on any atom is -0.389 e. The van der Waals surface area contributed by atoms with E-state index in [0.29, 0.717) is 21.3 Å². The molecule has 12 heteroatoms. The van der Waals surface area contributed by atoms with Crippen LogP contribution < -0.4 is 5.32 Å². The van der Waals surface area contributed by atoms with Gasteiger partial charge in [0.25, 0.3) is 5.91 Å². The second-order valence-corrected chi connectivity index (χ2v) is 9.61. The van der Waals surface area contributed by atoms with Gasteiger partial charge in [-0.1, -0.05) is 30.0 Å². The van der Waals surface area contributed by atoms with Gasteiger partial charge in [-0.25, -0.2) is 0 Å². The Balaban J connectivity index is 1.53. The number of nitrogens with zero attached hydrogens (tertiary/aromatic N) is 3. The second kappa shape index (κ2) is 7.95. The molecule has 4 rings (SSSR count). The summed E-state index contributed by atoms with van der Waals surface area (Å²) in [5, 5.41) is 21.7. The zero-order chi connectivity index (χ0) is 19.8. The number of carbonyl (C=O) groups is 3. The Labute approximate surface area is 177 Å². The molecule has 2 aliphatic heterocycles. The fourth-order valence-electron chi connectivity index (χ4n) is 3.02. The van der Waals surface area contributed by atoms with Crippen molar-refractivity contribution in [1.29, 1.82) is 0 Å². The number of aliphatic hydroxyl groups is 1. The molecule has 1 saturated heterocycles. The minimum absolute atomic E-state index is 0.168. The maximum Gasteiger partial charge on any atom is 0.253 e. The molecule has 146 valence electrons. The lowest BCUT2D eigenvalue weighted by Crippen LogP contribution is -2.70. The van der Waals surface area contributed by atoms with Gasteiger partial charge < -0.3 is 10.4 Å². The third-order valence-electron chi connectivity index (χ3n) is 4.26. The first-order valence-corrected chi connectivity index (χ1v) is 11.3. The predicted octanol–water partition coefficient (Wildman–Crippen LogP) is 0.902. The largest absolute Gasteiger partial charge is 0.389 e. The van der Waals surface area contributed by atoms with Gasteiger partial charge in [0.2, 0.25) is 11.0 Å². The number of fused-ring (bicyclic) bond motifs is 1. The van der Waals surface area contributed by atoms with Crippen molar-refractivity contribution in [2.75, 3.05) is 5.75 Å². The molecule has 2 amide bonds. The van der Waals surface area contributed by atoms with E-state index in [4.69, 9.17) is 0 Å². The zero-order valence-corrected chi connectivity index (χ0v) is 17.5. The van der Waals surface area contributed by atoms with Crippen LogP contribution in [0, 0.1) is 0 Å². The van der Waals surface area contributed by atoms with E-state index >= 15 is 0 Å². The first-order valence-electron chi connectivity index (χ1n) is 8.16. The molecule has 0 saturated carbocycles. The van der Waals surface area contributed by atoms with Gasteiger partial charge in [-0.15, -0.1) is 33.3 Å². The number of β-lactam (4-membered cyclic amide) rings is 1. The molecule has 2 atom stereocenters. The average molecular weight is 455 g/mol. The molecule has 4 heterocycles. The van der Waals surface area contributed by atoms with Gasteiger partial charge in [0, 0.05) is 16.2 Å². The fraction of sp³-hybridized carbons (Fsp3) is 0.312. The highest BCUT2D eigenvalue weighted by Gasteiger charge is 2.54. The van der Waals surface area contributed by atoms with E-state index < -0.39 is 11.2 Å². The van der Waals surface area contributed by atoms with Crippen LogP contribution in [0.1, 0.15) is 14.9 Å². The summed E-state index contributed by atoms with van der Waals surface area (Å²) < 4.78 is 0. The zero-order valence-electron chi connectivity index (χ0n) is 14.2. The van der Waals surface area contributed by atoms with Crippen LogP contribution in [0.3, 0.4) is 0 Å². The van der Waals surface area contributed by atoms with Crippen molar-refractivity contribution in [2.24, 2.45) is 0 Å². The molecule has 2 aromatic heterocycles. The van der Waals surface area contributed by atoms with Crippen molar-refractivity contribution >= 4 is 69.6 Å². The Morgan fingerprint density at radius 2 is 2.21 bits per heavy atom. The van der Waals surface area contributed by atoms with Crippen LogP contribution in [0.15, 0.2) is 23.2 Å². The molecule has 0 aromatic carbocycles. The van der Waals surface area contributed by atoms with E-state index in [9.17, 15) is 19.5 Å². The van der Waals surface area contributed by atoms with Gasteiger partial charge in [-0.3, -0.25) is 19.3 Å². The van der Waals surface area contributed by atoms with Crippen LogP contribution in [0.2, 0.25) is 0 Å². The van der Waals surface area contributed by atoms with Gasteiger partial charge in [0.15, 0.2) is 0 Å². The number of carbonyl (C=O) groups excluding carboxylic acids is 3. The normalized spacial score (nSPS) is 21.4. The second-order valence-electron chi connectivity index (χ2n) is 6.00. The molecular weight excluding hydrogens is 440 g/mol. The molecule has 0 unspecified atom stereocenters. The summed E-state index contributed by atoms with van der Waals surface area (Å²) in [5.41, 5.74) is 0.733. The van der Waals surface area contributed by atoms with Crippen molar-refractivity contribution in [3.63, 3.8) is 0 Å². The lowest BCUT2D eigenvalue weighted by atomic mass is 10.0. The molecule has 0 aliphatic carbocycles. The average Bonchev–Trinajstić information content (AvgIpc) is 3.36. The highest BCUT2D eigenvalue weighted by molar-refractivity contribution is 8.00. The number of hydrogen-bond donors (Lipinski definition) is 3. The molecule has 0 bridgehead atoms. The summed E-state index contributed by atoms with van der Waals surface area (Å²) >= 11 is 8.02. The van der Waals surface area contributed by atoms with Crippen molar-refractivity contribution in [2.45, 2.75) is 24.4 Å². The Morgan fingerprint density at radius 1 is 1.39 bits per heavy atom. The van der Waals surface area contributed by atoms with E-state index in [-0.39, 0.29) is 35.9 Å². The number of thiol groups is 1. The van der Waals surface area contributed by atoms with Crippen LogP contribution in [-0.2, 0) is 27.4 Å². The lowest BCUT2D eigenvalue weighted by molar-refractivity contribution is -0.146. The molecule has 28 heavy (non-hydrogen) atoms. The van der Waals surface area contributed by atoms with Gasteiger partial charge in [-0.2, -0.15) is 0 Å². The van der Waals surface area contributed by atoms with Crippen LogP contribution >= 0.6 is 47.1 Å². The summed E-state index contributed by atoms with van der Waals surface area (Å²) in [6, 6.07) is 3.06. The third-order valence-corrected chi connectivity index (χ3v) is 7.60. The van der Waals surface area contributed by atoms with Crippen LogP contribution in [-0.4, -0.2) is 54.3 Å². The molecule has 2 aliphatic rings. The highest BCUT2D eigenvalue weighted by Crippen LogP contribution is 2.44. The Hall–Kier alpha value is -1.73. The first-order chi connectivity index (χ1) is 13.5. The smallest absolute Gasteiger partial charge is 0.253 e. The maximum absolute atomic E-state index is 12.7. The van der Waals surface area contributed by atoms with Crippen LogP contribution in [0.5, 0.6) is 0 Å². The summed E-state index contributed by atoms with van der Waals surface area (Å²) in [4.78, 5) is 39.4. The molecule has 0 radical (unpaired) electrons. The fourth-order valence-corrected chi connectivity index (χ4v) is 6.15. The van der Waals surface area contributed by atoms with Crippen molar-refractivity contribution in [1.82, 2.24) is 20.4 Å². The van der Waals surface area contributed by atoms with E-state index in [2.05, 4.69) is 28.1 Å². The Bertz CT molecular complexity index is 971. The van der Waals surface area contributed by atoms with Gasteiger partial charge >= 0.3 is 0 Å². The van der Waals surface area contributed by atoms with Gasteiger partial charge in [-0.05, 0) is 11.4 Å². The Morgan fingerprint density at radius 3 is 2.86 bits per heavy atom. The number of aliphatic hydroxyl groups excluding tert-OH is 1. The quantitative estimate of drug-likeness (QED) is 0.439. The van der Waals surface area contributed by atoms with Crippen LogP contribution in [0.4, 0.5) is 0 Å². The van der Waals surface area contributed by atoms with E-state index in [1.807, 2.05) is 17.5 Å². The van der Waals surface area contributed by atoms with Crippen LogP contribution in [0.25, 0.3) is 5.57 Å². The van der Waals surface area contributed by atoms with E-state index in [0.717, 1.165) is 4.88 Å².